The van der Waals surface area contributed by atoms with Crippen molar-refractivity contribution in [2.45, 2.75) is 26.3 Å². The number of carbonyl (C=O) groups excluding carboxylic acids is 1. The predicted octanol–water partition coefficient (Wildman–Crippen LogP) is 3.52. The van der Waals surface area contributed by atoms with Crippen molar-refractivity contribution in [2.75, 3.05) is 6.61 Å². The normalized spacial score (nSPS) is 10.6. The number of aryl methyl sites for hydroxylation is 1. The third-order valence-corrected chi connectivity index (χ3v) is 3.86. The van der Waals surface area contributed by atoms with Gasteiger partial charge in [-0.1, -0.05) is 6.07 Å². The molecule has 0 radical (unpaired) electrons. The molecule has 0 saturated heterocycles. The second kappa shape index (κ2) is 8.93. The van der Waals surface area contributed by atoms with Crippen LogP contribution < -0.4 is 10.1 Å². The van der Waals surface area contributed by atoms with E-state index >= 15 is 0 Å². The van der Waals surface area contributed by atoms with E-state index in [1.807, 2.05) is 13.0 Å². The Morgan fingerprint density at radius 3 is 2.81 bits per heavy atom. The Morgan fingerprint density at radius 1 is 1.22 bits per heavy atom. The highest BCUT2D eigenvalue weighted by atomic mass is 19.1. The number of rotatable bonds is 8. The molecule has 0 bridgehead atoms. The summed E-state index contributed by atoms with van der Waals surface area (Å²) < 4.78 is 24.0. The van der Waals surface area contributed by atoms with Gasteiger partial charge < -0.3 is 14.5 Å². The van der Waals surface area contributed by atoms with Crippen molar-refractivity contribution in [1.82, 2.24) is 15.3 Å². The Labute approximate surface area is 156 Å². The molecule has 0 atom stereocenters. The molecule has 27 heavy (non-hydrogen) atoms. The fraction of sp³-hybridized carbons (Fsp3) is 0.250. The fourth-order valence-corrected chi connectivity index (χ4v) is 2.50. The summed E-state index contributed by atoms with van der Waals surface area (Å²) in [6.45, 7) is 2.74. The first kappa shape index (κ1) is 18.6. The summed E-state index contributed by atoms with van der Waals surface area (Å²) in [7, 11) is 0. The standard InChI is InChI=1S/C20H20FN3O3/c1-2-26-20-15(4-3-11-22-20)12-23-18(25)9-10-19-24-13-17(27-19)14-5-7-16(21)8-6-14/h3-8,11,13H,2,9-10,12H2,1H3,(H,23,25). The van der Waals surface area contributed by atoms with Crippen LogP contribution in [0.1, 0.15) is 24.8 Å². The van der Waals surface area contributed by atoms with Gasteiger partial charge in [0.1, 0.15) is 5.82 Å². The number of nitrogens with zero attached hydrogens (tertiary/aromatic N) is 2. The fourth-order valence-electron chi connectivity index (χ4n) is 2.50. The SMILES string of the molecule is CCOc1ncccc1CNC(=O)CCc1ncc(-c2ccc(F)cc2)o1. The van der Waals surface area contributed by atoms with Crippen molar-refractivity contribution >= 4 is 5.91 Å². The quantitative estimate of drug-likeness (QED) is 0.657. The van der Waals surface area contributed by atoms with E-state index in [2.05, 4.69) is 15.3 Å². The molecule has 0 unspecified atom stereocenters. The lowest BCUT2D eigenvalue weighted by Crippen LogP contribution is -2.23. The van der Waals surface area contributed by atoms with Crippen molar-refractivity contribution in [3.8, 4) is 17.2 Å². The average molecular weight is 369 g/mol. The molecular formula is C20H20FN3O3. The summed E-state index contributed by atoms with van der Waals surface area (Å²) in [5.74, 6) is 1.10. The predicted molar refractivity (Wildman–Crippen MR) is 97.5 cm³/mol. The Bertz CT molecular complexity index is 893. The molecular weight excluding hydrogens is 349 g/mol. The van der Waals surface area contributed by atoms with Gasteiger partial charge in [0.2, 0.25) is 11.8 Å². The van der Waals surface area contributed by atoms with E-state index in [1.54, 1.807) is 30.6 Å². The molecule has 7 heteroatoms. The Kier molecular flexibility index (Phi) is 6.14. The minimum atomic E-state index is -0.309. The molecule has 2 heterocycles. The molecule has 1 N–H and O–H groups in total. The molecule has 0 fully saturated rings. The number of oxazole rings is 1. The number of halogens is 1. The molecule has 140 valence electrons. The van der Waals surface area contributed by atoms with E-state index in [-0.39, 0.29) is 18.1 Å². The van der Waals surface area contributed by atoms with Crippen LogP contribution in [0.25, 0.3) is 11.3 Å². The second-order valence-corrected chi connectivity index (χ2v) is 5.80. The van der Waals surface area contributed by atoms with Crippen molar-refractivity contribution in [1.29, 1.82) is 0 Å². The van der Waals surface area contributed by atoms with Gasteiger partial charge in [-0.15, -0.1) is 0 Å². The van der Waals surface area contributed by atoms with Gasteiger partial charge in [-0.2, -0.15) is 0 Å². The lowest BCUT2D eigenvalue weighted by Gasteiger charge is -2.09. The number of hydrogen-bond donors (Lipinski definition) is 1. The maximum atomic E-state index is 13.0. The minimum absolute atomic E-state index is 0.122. The summed E-state index contributed by atoms with van der Waals surface area (Å²) in [5, 5.41) is 2.84. The molecule has 0 aliphatic rings. The summed E-state index contributed by atoms with van der Waals surface area (Å²) in [4.78, 5) is 20.4. The van der Waals surface area contributed by atoms with Crippen LogP contribution in [0.15, 0.2) is 53.2 Å². The topological polar surface area (TPSA) is 77.2 Å². The molecule has 1 aromatic carbocycles. The Morgan fingerprint density at radius 2 is 2.04 bits per heavy atom. The van der Waals surface area contributed by atoms with Gasteiger partial charge in [0.15, 0.2) is 11.7 Å². The van der Waals surface area contributed by atoms with Crippen LogP contribution in [0, 0.1) is 5.82 Å². The second-order valence-electron chi connectivity index (χ2n) is 5.80. The number of nitrogens with one attached hydrogen (secondary N) is 1. The van der Waals surface area contributed by atoms with Crippen molar-refractivity contribution in [3.63, 3.8) is 0 Å². The van der Waals surface area contributed by atoms with E-state index in [0.717, 1.165) is 11.1 Å². The molecule has 6 nitrogen and oxygen atoms in total. The zero-order valence-corrected chi connectivity index (χ0v) is 14.9. The number of ether oxygens (including phenoxy) is 1. The Hall–Kier alpha value is -3.22. The van der Waals surface area contributed by atoms with Gasteiger partial charge in [-0.25, -0.2) is 14.4 Å². The lowest BCUT2D eigenvalue weighted by atomic mass is 10.2. The van der Waals surface area contributed by atoms with E-state index in [1.165, 1.54) is 12.1 Å². The van der Waals surface area contributed by atoms with E-state index < -0.39 is 0 Å². The molecule has 0 saturated carbocycles. The lowest BCUT2D eigenvalue weighted by molar-refractivity contribution is -0.121. The smallest absolute Gasteiger partial charge is 0.220 e. The average Bonchev–Trinajstić information content (AvgIpc) is 3.15. The van der Waals surface area contributed by atoms with E-state index in [0.29, 0.717) is 37.1 Å². The van der Waals surface area contributed by atoms with Crippen LogP contribution in [0.2, 0.25) is 0 Å². The number of pyridine rings is 1. The van der Waals surface area contributed by atoms with Gasteiger partial charge in [0, 0.05) is 36.7 Å². The van der Waals surface area contributed by atoms with Crippen LogP contribution in [-0.4, -0.2) is 22.5 Å². The summed E-state index contributed by atoms with van der Waals surface area (Å²) >= 11 is 0. The zero-order valence-electron chi connectivity index (χ0n) is 14.9. The van der Waals surface area contributed by atoms with Gasteiger partial charge in [0.05, 0.1) is 12.8 Å². The maximum absolute atomic E-state index is 13.0. The zero-order chi connectivity index (χ0) is 19.1. The Balaban J connectivity index is 1.50. The van der Waals surface area contributed by atoms with E-state index in [4.69, 9.17) is 9.15 Å². The first-order chi connectivity index (χ1) is 13.2. The van der Waals surface area contributed by atoms with Crippen LogP contribution >= 0.6 is 0 Å². The first-order valence-electron chi connectivity index (χ1n) is 8.69. The largest absolute Gasteiger partial charge is 0.478 e. The summed E-state index contributed by atoms with van der Waals surface area (Å²) in [5.41, 5.74) is 1.56. The van der Waals surface area contributed by atoms with Crippen molar-refractivity contribution < 1.29 is 18.3 Å². The number of benzene rings is 1. The van der Waals surface area contributed by atoms with Gasteiger partial charge in [0.25, 0.3) is 0 Å². The van der Waals surface area contributed by atoms with Crippen LogP contribution in [0.3, 0.4) is 0 Å². The number of hydrogen-bond acceptors (Lipinski definition) is 5. The van der Waals surface area contributed by atoms with Gasteiger partial charge in [-0.05, 0) is 37.3 Å². The monoisotopic (exact) mass is 369 g/mol. The maximum Gasteiger partial charge on any atom is 0.220 e. The molecule has 2 aromatic heterocycles. The van der Waals surface area contributed by atoms with Crippen LogP contribution in [-0.2, 0) is 17.8 Å². The summed E-state index contributed by atoms with van der Waals surface area (Å²) in [6.07, 6.45) is 3.84. The third kappa shape index (κ3) is 5.13. The molecule has 3 aromatic rings. The highest BCUT2D eigenvalue weighted by Gasteiger charge is 2.10. The first-order valence-corrected chi connectivity index (χ1v) is 8.69. The van der Waals surface area contributed by atoms with E-state index in [9.17, 15) is 9.18 Å². The molecule has 0 aliphatic carbocycles. The number of amides is 1. The van der Waals surface area contributed by atoms with Crippen LogP contribution in [0.4, 0.5) is 4.39 Å². The molecule has 0 aliphatic heterocycles. The highest BCUT2D eigenvalue weighted by molar-refractivity contribution is 5.76. The number of aromatic nitrogens is 2. The van der Waals surface area contributed by atoms with Crippen LogP contribution in [0.5, 0.6) is 5.88 Å². The van der Waals surface area contributed by atoms with Gasteiger partial charge in [-0.3, -0.25) is 4.79 Å². The van der Waals surface area contributed by atoms with Crippen molar-refractivity contribution in [3.05, 3.63) is 66.1 Å². The summed E-state index contributed by atoms with van der Waals surface area (Å²) in [6, 6.07) is 9.63. The highest BCUT2D eigenvalue weighted by Crippen LogP contribution is 2.21. The third-order valence-electron chi connectivity index (χ3n) is 3.86. The number of carbonyl (C=O) groups is 1. The van der Waals surface area contributed by atoms with Crippen molar-refractivity contribution in [2.24, 2.45) is 0 Å². The molecule has 0 spiro atoms. The minimum Gasteiger partial charge on any atom is -0.478 e. The van der Waals surface area contributed by atoms with Gasteiger partial charge >= 0.3 is 0 Å². The molecule has 1 amide bonds. The molecule has 3 rings (SSSR count).